The van der Waals surface area contributed by atoms with E-state index in [1.54, 1.807) is 0 Å². The molecule has 0 atom stereocenters. The van der Waals surface area contributed by atoms with Gasteiger partial charge >= 0.3 is 0 Å². The Morgan fingerprint density at radius 1 is 1.32 bits per heavy atom. The van der Waals surface area contributed by atoms with Gasteiger partial charge < -0.3 is 25.7 Å². The molecule has 34 heavy (non-hydrogen) atoms. The van der Waals surface area contributed by atoms with Gasteiger partial charge in [0.05, 0.1) is 5.39 Å². The van der Waals surface area contributed by atoms with E-state index in [-0.39, 0.29) is 36.2 Å². The van der Waals surface area contributed by atoms with Crippen LogP contribution in [0, 0.1) is 6.92 Å². The van der Waals surface area contributed by atoms with Crippen LogP contribution in [0.5, 0.6) is 0 Å². The summed E-state index contributed by atoms with van der Waals surface area (Å²) in [5.74, 6) is -0.348. The standard InChI is InChI=1S/C24H25N5O4S/c1-3-17-12(2)18-22(31)27-21(28-24(18)34-17)23(32)26-9-13-4-5-14-6-7-29(10-15(14)8-13)19-16(30)11-33-20(19)25/h4-5,8H,3,6-7,9-11,25H2,1-2H3,(H,26,32)(H,27,28,31). The molecule has 0 unspecified atom stereocenters. The minimum absolute atomic E-state index is 0.00713. The monoisotopic (exact) mass is 479 g/mol. The van der Waals surface area contributed by atoms with E-state index >= 15 is 0 Å². The smallest absolute Gasteiger partial charge is 0.287 e. The van der Waals surface area contributed by atoms with Gasteiger partial charge in [0.15, 0.2) is 6.61 Å². The number of aromatic amines is 1. The maximum atomic E-state index is 12.7. The number of rotatable bonds is 5. The molecule has 1 aromatic carbocycles. The third kappa shape index (κ3) is 3.83. The number of hydrogen-bond donors (Lipinski definition) is 3. The maximum absolute atomic E-state index is 12.7. The highest BCUT2D eigenvalue weighted by molar-refractivity contribution is 7.18. The van der Waals surface area contributed by atoms with Gasteiger partial charge in [-0.1, -0.05) is 25.1 Å². The first kappa shape index (κ1) is 22.1. The number of aryl methyl sites for hydroxylation is 2. The van der Waals surface area contributed by atoms with Crippen LogP contribution in [-0.4, -0.2) is 39.7 Å². The van der Waals surface area contributed by atoms with E-state index in [0.29, 0.717) is 29.0 Å². The van der Waals surface area contributed by atoms with Crippen LogP contribution in [0.2, 0.25) is 0 Å². The highest BCUT2D eigenvalue weighted by Gasteiger charge is 2.30. The summed E-state index contributed by atoms with van der Waals surface area (Å²) >= 11 is 1.45. The van der Waals surface area contributed by atoms with Crippen molar-refractivity contribution < 1.29 is 14.3 Å². The van der Waals surface area contributed by atoms with Crippen molar-refractivity contribution in [3.8, 4) is 0 Å². The number of ether oxygens (including phenoxy) is 1. The molecule has 5 rings (SSSR count). The molecular weight excluding hydrogens is 454 g/mol. The van der Waals surface area contributed by atoms with Gasteiger partial charge in [-0.3, -0.25) is 14.4 Å². The Bertz CT molecular complexity index is 1420. The summed E-state index contributed by atoms with van der Waals surface area (Å²) in [6.45, 7) is 5.45. The van der Waals surface area contributed by atoms with Crippen LogP contribution in [0.1, 0.15) is 44.7 Å². The van der Waals surface area contributed by atoms with Crippen molar-refractivity contribution in [2.45, 2.75) is 39.8 Å². The number of fused-ring (bicyclic) bond motifs is 2. The SMILES string of the molecule is CCc1sc2nc(C(=O)NCc3ccc4c(c3)CN(C3=C(N)OCC3=O)CC4)[nH]c(=O)c2c1C. The fourth-order valence-electron chi connectivity index (χ4n) is 4.56. The van der Waals surface area contributed by atoms with Crippen molar-refractivity contribution >= 4 is 33.2 Å². The minimum Gasteiger partial charge on any atom is -0.469 e. The topological polar surface area (TPSA) is 130 Å². The molecule has 1 amide bonds. The molecule has 0 bridgehead atoms. The van der Waals surface area contributed by atoms with E-state index < -0.39 is 5.91 Å². The van der Waals surface area contributed by atoms with E-state index in [1.807, 2.05) is 36.9 Å². The van der Waals surface area contributed by atoms with Crippen LogP contribution in [-0.2, 0) is 35.5 Å². The van der Waals surface area contributed by atoms with Crippen LogP contribution in [0.3, 0.4) is 0 Å². The van der Waals surface area contributed by atoms with Gasteiger partial charge in [-0.05, 0) is 42.0 Å². The Hall–Kier alpha value is -3.66. The number of benzene rings is 1. The number of thiophene rings is 1. The first-order valence-electron chi connectivity index (χ1n) is 11.2. The molecular formula is C24H25N5O4S. The zero-order valence-corrected chi connectivity index (χ0v) is 19.8. The number of amides is 1. The normalized spacial score (nSPS) is 15.6. The van der Waals surface area contributed by atoms with E-state index in [0.717, 1.165) is 34.4 Å². The highest BCUT2D eigenvalue weighted by Crippen LogP contribution is 2.28. The van der Waals surface area contributed by atoms with Crippen LogP contribution < -0.4 is 16.6 Å². The number of carbonyl (C=O) groups excluding carboxylic acids is 2. The molecule has 0 radical (unpaired) electrons. The summed E-state index contributed by atoms with van der Waals surface area (Å²) in [6, 6.07) is 6.04. The first-order valence-corrected chi connectivity index (χ1v) is 12.0. The van der Waals surface area contributed by atoms with Crippen molar-refractivity contribution in [1.82, 2.24) is 20.2 Å². The van der Waals surface area contributed by atoms with Gasteiger partial charge in [0, 0.05) is 24.5 Å². The zero-order valence-electron chi connectivity index (χ0n) is 19.0. The van der Waals surface area contributed by atoms with E-state index in [9.17, 15) is 14.4 Å². The largest absolute Gasteiger partial charge is 0.469 e. The molecule has 0 saturated carbocycles. The van der Waals surface area contributed by atoms with Gasteiger partial charge in [0.25, 0.3) is 11.5 Å². The molecule has 4 heterocycles. The Balaban J connectivity index is 1.31. The number of ketones is 1. The average molecular weight is 480 g/mol. The molecule has 0 saturated heterocycles. The van der Waals surface area contributed by atoms with Gasteiger partial charge in [0.2, 0.25) is 17.5 Å². The lowest BCUT2D eigenvalue weighted by Gasteiger charge is -2.30. The highest BCUT2D eigenvalue weighted by atomic mass is 32.1. The van der Waals surface area contributed by atoms with Crippen molar-refractivity contribution in [3.63, 3.8) is 0 Å². The predicted molar refractivity (Wildman–Crippen MR) is 128 cm³/mol. The number of nitrogens with two attached hydrogens (primary N) is 1. The number of nitrogens with one attached hydrogen (secondary N) is 2. The van der Waals surface area contributed by atoms with Crippen LogP contribution in [0.4, 0.5) is 0 Å². The summed E-state index contributed by atoms with van der Waals surface area (Å²) in [6.07, 6.45) is 1.60. The summed E-state index contributed by atoms with van der Waals surface area (Å²) in [5, 5.41) is 3.40. The molecule has 176 valence electrons. The molecule has 3 aromatic rings. The maximum Gasteiger partial charge on any atom is 0.287 e. The molecule has 2 aliphatic rings. The molecule has 0 fully saturated rings. The lowest BCUT2D eigenvalue weighted by Crippen LogP contribution is -2.33. The molecule has 2 aromatic heterocycles. The van der Waals surface area contributed by atoms with E-state index in [4.69, 9.17) is 10.5 Å². The first-order chi connectivity index (χ1) is 16.4. The number of H-pyrrole nitrogens is 1. The quantitative estimate of drug-likeness (QED) is 0.509. The summed E-state index contributed by atoms with van der Waals surface area (Å²) in [5.41, 5.74) is 10.1. The lowest BCUT2D eigenvalue weighted by molar-refractivity contribution is -0.117. The Morgan fingerprint density at radius 2 is 2.15 bits per heavy atom. The van der Waals surface area contributed by atoms with Gasteiger partial charge in [-0.2, -0.15) is 0 Å². The Kier molecular flexibility index (Phi) is 5.60. The second-order valence-electron chi connectivity index (χ2n) is 8.48. The summed E-state index contributed by atoms with van der Waals surface area (Å²) in [7, 11) is 0. The molecule has 2 aliphatic heterocycles. The fraction of sp³-hybridized carbons (Fsp3) is 0.333. The molecule has 9 nitrogen and oxygen atoms in total. The fourth-order valence-corrected chi connectivity index (χ4v) is 5.68. The summed E-state index contributed by atoms with van der Waals surface area (Å²) in [4.78, 5) is 48.1. The molecule has 0 aliphatic carbocycles. The van der Waals surface area contributed by atoms with Gasteiger partial charge in [-0.25, -0.2) is 4.98 Å². The molecule has 4 N–H and O–H groups in total. The lowest BCUT2D eigenvalue weighted by atomic mass is 9.96. The molecule has 0 spiro atoms. The third-order valence-electron chi connectivity index (χ3n) is 6.34. The molecule has 10 heteroatoms. The van der Waals surface area contributed by atoms with Gasteiger partial charge in [0.1, 0.15) is 10.5 Å². The number of Topliss-reactive ketones (excluding diaryl/α,β-unsaturated/α-hetero) is 1. The second kappa shape index (κ2) is 8.60. The van der Waals surface area contributed by atoms with Crippen molar-refractivity contribution in [3.05, 3.63) is 73.1 Å². The number of nitrogens with zero attached hydrogens (tertiary/aromatic N) is 2. The zero-order chi connectivity index (χ0) is 24.0. The van der Waals surface area contributed by atoms with E-state index in [1.165, 1.54) is 16.9 Å². The summed E-state index contributed by atoms with van der Waals surface area (Å²) < 4.78 is 5.19. The van der Waals surface area contributed by atoms with Crippen LogP contribution >= 0.6 is 11.3 Å². The van der Waals surface area contributed by atoms with Crippen molar-refractivity contribution in [1.29, 1.82) is 0 Å². The van der Waals surface area contributed by atoms with Crippen LogP contribution in [0.15, 0.2) is 34.6 Å². The van der Waals surface area contributed by atoms with Gasteiger partial charge in [-0.15, -0.1) is 11.3 Å². The second-order valence-corrected chi connectivity index (χ2v) is 9.56. The van der Waals surface area contributed by atoms with Crippen LogP contribution in [0.25, 0.3) is 10.2 Å². The van der Waals surface area contributed by atoms with Crippen molar-refractivity contribution in [2.24, 2.45) is 5.73 Å². The third-order valence-corrected chi connectivity index (χ3v) is 7.67. The number of carbonyl (C=O) groups is 2. The van der Waals surface area contributed by atoms with E-state index in [2.05, 4.69) is 15.3 Å². The Morgan fingerprint density at radius 3 is 2.88 bits per heavy atom. The predicted octanol–water partition coefficient (Wildman–Crippen LogP) is 1.87. The number of aromatic nitrogens is 2. The van der Waals surface area contributed by atoms with Crippen molar-refractivity contribution in [2.75, 3.05) is 13.2 Å². The average Bonchev–Trinajstić information content (AvgIpc) is 3.34. The number of hydrogen-bond acceptors (Lipinski definition) is 8. The minimum atomic E-state index is -0.436. The Labute approximate surface area is 199 Å².